The molecule has 6 nitrogen and oxygen atoms in total. The molecule has 240 valence electrons. The molecule has 8 atom stereocenters. The highest BCUT2D eigenvalue weighted by Gasteiger charge is 2.61. The van der Waals surface area contributed by atoms with Gasteiger partial charge in [0.1, 0.15) is 13.0 Å². The van der Waals surface area contributed by atoms with E-state index in [0.29, 0.717) is 29.1 Å². The fraction of sp³-hybridized carbons (Fsp3) is 0.649. The number of rotatable bonds is 11. The van der Waals surface area contributed by atoms with Crippen molar-refractivity contribution in [2.45, 2.75) is 97.4 Å². The molecule has 4 unspecified atom stereocenters. The molecule has 0 heterocycles. The smallest absolute Gasteiger partial charge is 0.356 e. The van der Waals surface area contributed by atoms with Crippen molar-refractivity contribution in [2.75, 3.05) is 13.0 Å². The Morgan fingerprint density at radius 1 is 0.795 bits per heavy atom. The molecule has 4 saturated carbocycles. The first-order chi connectivity index (χ1) is 21.0. The van der Waals surface area contributed by atoms with E-state index >= 15 is 0 Å². The van der Waals surface area contributed by atoms with Crippen molar-refractivity contribution in [3.63, 3.8) is 0 Å². The maximum atomic E-state index is 13.8. The van der Waals surface area contributed by atoms with Crippen molar-refractivity contribution in [2.24, 2.45) is 40.4 Å². The summed E-state index contributed by atoms with van der Waals surface area (Å²) < 4.78 is 31.4. The van der Waals surface area contributed by atoms with Crippen LogP contribution in [0.5, 0.6) is 0 Å². The van der Waals surface area contributed by atoms with E-state index in [-0.39, 0.29) is 43.3 Å². The first-order valence-corrected chi connectivity index (χ1v) is 18.5. The number of carbonyl (C=O) groups is 1. The monoisotopic (exact) mass is 622 g/mol. The summed E-state index contributed by atoms with van der Waals surface area (Å²) in [5, 5.41) is 10.8. The van der Waals surface area contributed by atoms with Gasteiger partial charge in [0.25, 0.3) is 0 Å². The molecule has 0 aromatic heterocycles. The topological polar surface area (TPSA) is 82.1 Å². The number of ketones is 1. The number of fused-ring (bicyclic) bond motifs is 5. The fourth-order valence-corrected chi connectivity index (χ4v) is 11.2. The van der Waals surface area contributed by atoms with E-state index in [2.05, 4.69) is 13.8 Å². The van der Waals surface area contributed by atoms with Crippen LogP contribution in [0.2, 0.25) is 0 Å². The Hall–Kier alpha value is -1.82. The zero-order valence-electron chi connectivity index (χ0n) is 26.8. The maximum absolute atomic E-state index is 13.8. The number of Topliss-reactive ketones (excluding diaryl/α,β-unsaturated/α-hetero) is 1. The second-order valence-electron chi connectivity index (χ2n) is 15.1. The van der Waals surface area contributed by atoms with Crippen molar-refractivity contribution in [3.05, 3.63) is 71.8 Å². The highest BCUT2D eigenvalue weighted by atomic mass is 31.2. The summed E-state index contributed by atoms with van der Waals surface area (Å²) in [6.07, 6.45) is 9.38. The Morgan fingerprint density at radius 3 is 2.05 bits per heavy atom. The number of aliphatic hydroxyl groups is 1. The minimum Gasteiger partial charge on any atom is -0.390 e. The second kappa shape index (κ2) is 12.8. The van der Waals surface area contributed by atoms with Crippen LogP contribution in [-0.2, 0) is 36.4 Å². The van der Waals surface area contributed by atoms with Crippen LogP contribution in [0.4, 0.5) is 0 Å². The molecule has 0 amide bonds. The average molecular weight is 623 g/mol. The molecule has 0 aliphatic heterocycles. The van der Waals surface area contributed by atoms with Crippen LogP contribution in [0.25, 0.3) is 0 Å². The molecule has 7 heteroatoms. The van der Waals surface area contributed by atoms with Gasteiger partial charge in [0.05, 0.1) is 18.8 Å². The summed E-state index contributed by atoms with van der Waals surface area (Å²) in [4.78, 5) is 13.7. The van der Waals surface area contributed by atoms with Crippen molar-refractivity contribution in [3.8, 4) is 0 Å². The Morgan fingerprint density at radius 2 is 1.41 bits per heavy atom. The third-order valence-corrected chi connectivity index (χ3v) is 13.9. The lowest BCUT2D eigenvalue weighted by Gasteiger charge is -2.61. The quantitative estimate of drug-likeness (QED) is 0.253. The van der Waals surface area contributed by atoms with E-state index in [1.54, 1.807) is 0 Å². The summed E-state index contributed by atoms with van der Waals surface area (Å²) in [6.45, 7) is 7.12. The molecule has 0 bridgehead atoms. The molecule has 0 spiro atoms. The van der Waals surface area contributed by atoms with Crippen LogP contribution < -0.4 is 0 Å². The predicted octanol–water partition coefficient (Wildman–Crippen LogP) is 8.57. The van der Waals surface area contributed by atoms with Crippen LogP contribution >= 0.6 is 7.60 Å². The van der Waals surface area contributed by atoms with Gasteiger partial charge in [-0.05, 0) is 110 Å². The van der Waals surface area contributed by atoms with E-state index in [1.165, 1.54) is 19.3 Å². The number of benzene rings is 2. The summed E-state index contributed by atoms with van der Waals surface area (Å²) in [7, 11) is -3.63. The van der Waals surface area contributed by atoms with Gasteiger partial charge in [0.2, 0.25) is 0 Å². The van der Waals surface area contributed by atoms with Crippen LogP contribution in [0.15, 0.2) is 60.7 Å². The minimum atomic E-state index is -3.63. The van der Waals surface area contributed by atoms with Gasteiger partial charge in [-0.15, -0.1) is 0 Å². The molecular weight excluding hydrogens is 571 g/mol. The zero-order chi connectivity index (χ0) is 31.0. The standard InChI is InChI=1S/C37H51O6P/c1-35(39)20-21-36(2)29(22-35)14-15-30-31-16-17-33(37(31,3)19-18-32(30)36)34(38)25-41-26-44(40,42-23-27-10-6-4-7-11-27)43-24-28-12-8-5-9-13-28/h4-13,29-33,39H,14-26H2,1-3H3/t29?,30?,31?,32?,33-,35-,36+,37+/m1/s1. The van der Waals surface area contributed by atoms with Gasteiger partial charge in [-0.3, -0.25) is 9.36 Å². The molecular formula is C37H51O6P. The van der Waals surface area contributed by atoms with E-state index in [9.17, 15) is 14.5 Å². The largest absolute Gasteiger partial charge is 0.390 e. The van der Waals surface area contributed by atoms with Crippen LogP contribution in [0, 0.1) is 40.4 Å². The van der Waals surface area contributed by atoms with Crippen molar-refractivity contribution in [1.82, 2.24) is 0 Å². The van der Waals surface area contributed by atoms with Gasteiger partial charge in [-0.2, -0.15) is 0 Å². The number of hydrogen-bond acceptors (Lipinski definition) is 6. The zero-order valence-corrected chi connectivity index (χ0v) is 27.7. The Balaban J connectivity index is 1.07. The minimum absolute atomic E-state index is 0.0116. The molecule has 0 radical (unpaired) electrons. The summed E-state index contributed by atoms with van der Waals surface area (Å²) in [5.41, 5.74) is 1.57. The third-order valence-electron chi connectivity index (χ3n) is 12.4. The number of hydrogen-bond donors (Lipinski definition) is 1. The van der Waals surface area contributed by atoms with Crippen molar-refractivity contribution >= 4 is 13.4 Å². The maximum Gasteiger partial charge on any atom is 0.356 e. The Labute approximate surface area is 263 Å². The lowest BCUT2D eigenvalue weighted by molar-refractivity contribution is -0.152. The molecule has 6 rings (SSSR count). The Bertz CT molecular complexity index is 1280. The van der Waals surface area contributed by atoms with Gasteiger partial charge < -0.3 is 18.9 Å². The molecule has 4 aliphatic carbocycles. The molecule has 0 saturated heterocycles. The van der Waals surface area contributed by atoms with Gasteiger partial charge in [0.15, 0.2) is 5.78 Å². The molecule has 2 aromatic carbocycles. The van der Waals surface area contributed by atoms with E-state index in [0.717, 1.165) is 49.7 Å². The molecule has 44 heavy (non-hydrogen) atoms. The van der Waals surface area contributed by atoms with E-state index in [1.807, 2.05) is 67.6 Å². The average Bonchev–Trinajstić information content (AvgIpc) is 3.38. The number of ether oxygens (including phenoxy) is 1. The lowest BCUT2D eigenvalue weighted by Crippen LogP contribution is -2.55. The molecule has 4 aliphatic rings. The van der Waals surface area contributed by atoms with Crippen LogP contribution in [0.1, 0.15) is 89.7 Å². The molecule has 4 fully saturated rings. The van der Waals surface area contributed by atoms with Gasteiger partial charge >= 0.3 is 7.60 Å². The van der Waals surface area contributed by atoms with E-state index < -0.39 is 13.2 Å². The lowest BCUT2D eigenvalue weighted by atomic mass is 9.44. The highest BCUT2D eigenvalue weighted by Crippen LogP contribution is 2.68. The van der Waals surface area contributed by atoms with Crippen molar-refractivity contribution < 1.29 is 28.3 Å². The third kappa shape index (κ3) is 6.53. The predicted molar refractivity (Wildman–Crippen MR) is 172 cm³/mol. The fourth-order valence-electron chi connectivity index (χ4n) is 9.92. The normalized spacial score (nSPS) is 36.7. The Kier molecular flexibility index (Phi) is 9.32. The van der Waals surface area contributed by atoms with Crippen LogP contribution in [-0.4, -0.2) is 29.4 Å². The van der Waals surface area contributed by atoms with Gasteiger partial charge in [-0.1, -0.05) is 74.5 Å². The first-order valence-electron chi connectivity index (χ1n) is 16.8. The summed E-state index contributed by atoms with van der Waals surface area (Å²) in [6, 6.07) is 19.2. The van der Waals surface area contributed by atoms with Gasteiger partial charge in [-0.25, -0.2) is 0 Å². The number of carbonyl (C=O) groups excluding carboxylic acids is 1. The summed E-state index contributed by atoms with van der Waals surface area (Å²) in [5.74, 6) is 2.61. The summed E-state index contributed by atoms with van der Waals surface area (Å²) >= 11 is 0. The van der Waals surface area contributed by atoms with E-state index in [4.69, 9.17) is 13.8 Å². The van der Waals surface area contributed by atoms with Gasteiger partial charge in [0, 0.05) is 5.92 Å². The van der Waals surface area contributed by atoms with Crippen molar-refractivity contribution in [1.29, 1.82) is 0 Å². The highest BCUT2D eigenvalue weighted by molar-refractivity contribution is 7.53. The molecule has 1 N–H and O–H groups in total. The van der Waals surface area contributed by atoms with Crippen LogP contribution in [0.3, 0.4) is 0 Å². The first kappa shape index (κ1) is 32.1. The second-order valence-corrected chi connectivity index (χ2v) is 17.1. The SMILES string of the molecule is C[C@@]1(O)CC[C@@]2(C)C(CCC3C2CC[C@@]2(C)C3CC[C@@H]2C(=O)COCP(=O)(OCc2ccccc2)OCc2ccccc2)C1. The molecule has 2 aromatic rings.